The second-order valence-electron chi connectivity index (χ2n) is 6.77. The van der Waals surface area contributed by atoms with Crippen LogP contribution < -0.4 is 16.1 Å². The Kier molecular flexibility index (Phi) is 6.01. The van der Waals surface area contributed by atoms with E-state index in [1.165, 1.54) is 6.07 Å². The van der Waals surface area contributed by atoms with Gasteiger partial charge in [-0.05, 0) is 42.5 Å². The number of aromatic nitrogens is 2. The molecule has 152 valence electrons. The average Bonchev–Trinajstić information content (AvgIpc) is 2.73. The summed E-state index contributed by atoms with van der Waals surface area (Å²) in [6, 6.07) is 14.4. The molecule has 2 aromatic heterocycles. The number of anilines is 1. The maximum atomic E-state index is 12.4. The van der Waals surface area contributed by atoms with Crippen molar-refractivity contribution in [2.45, 2.75) is 6.54 Å². The molecular weight excluding hydrogens is 468 g/mol. The number of nitrogens with zero attached hydrogens (tertiary/aromatic N) is 2. The van der Waals surface area contributed by atoms with Crippen LogP contribution in [0.2, 0.25) is 5.02 Å². The van der Waals surface area contributed by atoms with E-state index in [0.717, 1.165) is 26.6 Å². The zero-order valence-electron chi connectivity index (χ0n) is 15.9. The standard InChI is InChI=1S/C22H18BrClN4O2/c23-14-1-4-20-17(11-14)21(29)6-10-28(20)13-22(30)27-9-8-26-18-5-7-25-19-12-15(24)2-3-16(18)19/h1-7,10-12H,8-9,13H2,(H,25,26)(H,27,30). The highest BCUT2D eigenvalue weighted by atomic mass is 79.9. The third-order valence-electron chi connectivity index (χ3n) is 4.72. The monoisotopic (exact) mass is 484 g/mol. The number of hydrogen-bond acceptors (Lipinski definition) is 4. The van der Waals surface area contributed by atoms with Crippen LogP contribution in [0.15, 0.2) is 70.2 Å². The van der Waals surface area contributed by atoms with E-state index < -0.39 is 0 Å². The first kappa shape index (κ1) is 20.4. The van der Waals surface area contributed by atoms with Gasteiger partial charge in [0.15, 0.2) is 5.43 Å². The minimum absolute atomic E-state index is 0.0713. The maximum absolute atomic E-state index is 12.4. The molecule has 0 radical (unpaired) electrons. The summed E-state index contributed by atoms with van der Waals surface area (Å²) in [5.41, 5.74) is 2.40. The van der Waals surface area contributed by atoms with Crippen molar-refractivity contribution < 1.29 is 4.79 Å². The van der Waals surface area contributed by atoms with Crippen LogP contribution in [0.3, 0.4) is 0 Å². The summed E-state index contributed by atoms with van der Waals surface area (Å²) >= 11 is 9.40. The molecule has 6 nitrogen and oxygen atoms in total. The minimum Gasteiger partial charge on any atom is -0.383 e. The van der Waals surface area contributed by atoms with Gasteiger partial charge in [-0.15, -0.1) is 0 Å². The van der Waals surface area contributed by atoms with E-state index >= 15 is 0 Å². The van der Waals surface area contributed by atoms with Gasteiger partial charge in [-0.1, -0.05) is 27.5 Å². The highest BCUT2D eigenvalue weighted by Crippen LogP contribution is 2.24. The minimum atomic E-state index is -0.129. The summed E-state index contributed by atoms with van der Waals surface area (Å²) in [6.07, 6.45) is 3.37. The fourth-order valence-corrected chi connectivity index (χ4v) is 3.83. The summed E-state index contributed by atoms with van der Waals surface area (Å²) in [6.45, 7) is 1.15. The van der Waals surface area contributed by atoms with Crippen LogP contribution in [0, 0.1) is 0 Å². The lowest BCUT2D eigenvalue weighted by atomic mass is 10.2. The molecule has 0 aliphatic carbocycles. The maximum Gasteiger partial charge on any atom is 0.240 e. The van der Waals surface area contributed by atoms with Crippen LogP contribution >= 0.6 is 27.5 Å². The molecule has 0 aliphatic heterocycles. The van der Waals surface area contributed by atoms with E-state index in [0.29, 0.717) is 23.5 Å². The predicted octanol–water partition coefficient (Wildman–Crippen LogP) is 4.19. The van der Waals surface area contributed by atoms with Gasteiger partial charge in [-0.25, -0.2) is 0 Å². The van der Waals surface area contributed by atoms with Crippen molar-refractivity contribution in [1.29, 1.82) is 0 Å². The number of carbonyl (C=O) groups is 1. The molecule has 0 aliphatic rings. The number of rotatable bonds is 6. The molecule has 2 heterocycles. The number of halogens is 2. The molecule has 4 aromatic rings. The second-order valence-corrected chi connectivity index (χ2v) is 8.12. The molecule has 0 atom stereocenters. The second kappa shape index (κ2) is 8.85. The number of fused-ring (bicyclic) bond motifs is 2. The largest absolute Gasteiger partial charge is 0.383 e. The van der Waals surface area contributed by atoms with E-state index in [2.05, 4.69) is 31.5 Å². The van der Waals surface area contributed by atoms with E-state index in [4.69, 9.17) is 11.6 Å². The van der Waals surface area contributed by atoms with Crippen molar-refractivity contribution in [3.8, 4) is 0 Å². The molecule has 2 N–H and O–H groups in total. The Balaban J connectivity index is 1.37. The Hall–Kier alpha value is -2.90. The lowest BCUT2D eigenvalue weighted by molar-refractivity contribution is -0.121. The Morgan fingerprint density at radius 2 is 1.93 bits per heavy atom. The first-order valence-corrected chi connectivity index (χ1v) is 10.5. The molecule has 8 heteroatoms. The molecule has 2 aromatic carbocycles. The van der Waals surface area contributed by atoms with Gasteiger partial charge in [0.2, 0.25) is 5.91 Å². The number of hydrogen-bond donors (Lipinski definition) is 2. The van der Waals surface area contributed by atoms with Gasteiger partial charge in [0.05, 0.1) is 11.0 Å². The lowest BCUT2D eigenvalue weighted by Crippen LogP contribution is -2.32. The molecule has 30 heavy (non-hydrogen) atoms. The van der Waals surface area contributed by atoms with Crippen molar-refractivity contribution in [2.75, 3.05) is 18.4 Å². The quantitative estimate of drug-likeness (QED) is 0.402. The fraction of sp³-hybridized carbons (Fsp3) is 0.136. The Morgan fingerprint density at radius 1 is 1.07 bits per heavy atom. The number of nitrogens with one attached hydrogen (secondary N) is 2. The number of benzene rings is 2. The highest BCUT2D eigenvalue weighted by molar-refractivity contribution is 9.10. The van der Waals surface area contributed by atoms with E-state index in [1.807, 2.05) is 36.4 Å². The molecule has 4 rings (SSSR count). The molecule has 0 spiro atoms. The van der Waals surface area contributed by atoms with E-state index in [-0.39, 0.29) is 17.9 Å². The van der Waals surface area contributed by atoms with Gasteiger partial charge in [0, 0.05) is 57.5 Å². The van der Waals surface area contributed by atoms with Crippen LogP contribution in [-0.4, -0.2) is 28.5 Å². The number of amides is 1. The molecular formula is C22H18BrClN4O2. The molecule has 1 amide bonds. The number of carbonyl (C=O) groups excluding carboxylic acids is 1. The number of pyridine rings is 2. The topological polar surface area (TPSA) is 76.0 Å². The Morgan fingerprint density at radius 3 is 2.80 bits per heavy atom. The molecule has 0 bridgehead atoms. The van der Waals surface area contributed by atoms with Gasteiger partial charge in [-0.3, -0.25) is 14.6 Å². The van der Waals surface area contributed by atoms with Gasteiger partial charge >= 0.3 is 0 Å². The fourth-order valence-electron chi connectivity index (χ4n) is 3.31. The van der Waals surface area contributed by atoms with Crippen LogP contribution in [0.1, 0.15) is 0 Å². The van der Waals surface area contributed by atoms with E-state index in [9.17, 15) is 9.59 Å². The molecule has 0 unspecified atom stereocenters. The van der Waals surface area contributed by atoms with Gasteiger partial charge in [0.25, 0.3) is 0 Å². The molecule has 0 fully saturated rings. The third-order valence-corrected chi connectivity index (χ3v) is 5.45. The average molecular weight is 486 g/mol. The van der Waals surface area contributed by atoms with Crippen molar-refractivity contribution >= 4 is 60.9 Å². The van der Waals surface area contributed by atoms with Crippen molar-refractivity contribution in [2.24, 2.45) is 0 Å². The zero-order chi connectivity index (χ0) is 21.1. The van der Waals surface area contributed by atoms with Gasteiger partial charge in [-0.2, -0.15) is 0 Å². The zero-order valence-corrected chi connectivity index (χ0v) is 18.2. The summed E-state index contributed by atoms with van der Waals surface area (Å²) in [7, 11) is 0. The smallest absolute Gasteiger partial charge is 0.240 e. The van der Waals surface area contributed by atoms with Crippen LogP contribution in [0.5, 0.6) is 0 Å². The van der Waals surface area contributed by atoms with Crippen LogP contribution in [0.25, 0.3) is 21.8 Å². The molecule has 0 saturated carbocycles. The van der Waals surface area contributed by atoms with Gasteiger partial charge < -0.3 is 15.2 Å². The van der Waals surface area contributed by atoms with Crippen molar-refractivity contribution in [3.05, 3.63) is 80.6 Å². The summed E-state index contributed by atoms with van der Waals surface area (Å²) in [4.78, 5) is 28.8. The van der Waals surface area contributed by atoms with Crippen LogP contribution in [0.4, 0.5) is 5.69 Å². The normalized spacial score (nSPS) is 11.0. The van der Waals surface area contributed by atoms with Gasteiger partial charge in [0.1, 0.15) is 6.54 Å². The first-order chi connectivity index (χ1) is 14.5. The summed E-state index contributed by atoms with van der Waals surface area (Å²) < 4.78 is 2.60. The van der Waals surface area contributed by atoms with E-state index in [1.54, 1.807) is 23.0 Å². The predicted molar refractivity (Wildman–Crippen MR) is 124 cm³/mol. The lowest BCUT2D eigenvalue weighted by Gasteiger charge is -2.13. The SMILES string of the molecule is O=C(Cn1ccc(=O)c2cc(Br)ccc21)NCCNc1ccnc2cc(Cl)ccc12. The van der Waals surface area contributed by atoms with Crippen molar-refractivity contribution in [1.82, 2.24) is 14.9 Å². The summed E-state index contributed by atoms with van der Waals surface area (Å²) in [5, 5.41) is 8.41. The van der Waals surface area contributed by atoms with Crippen molar-refractivity contribution in [3.63, 3.8) is 0 Å². The Labute approximate surface area is 186 Å². The summed E-state index contributed by atoms with van der Waals surface area (Å²) in [5.74, 6) is -0.129. The molecule has 0 saturated heterocycles. The first-order valence-electron chi connectivity index (χ1n) is 9.35. The third kappa shape index (κ3) is 4.47. The van der Waals surface area contributed by atoms with Crippen LogP contribution in [-0.2, 0) is 11.3 Å². The highest BCUT2D eigenvalue weighted by Gasteiger charge is 2.08. The Bertz CT molecular complexity index is 1310.